The maximum absolute atomic E-state index is 12.4. The number of hydrogen-bond donors (Lipinski definition) is 1. The number of nitrogens with zero attached hydrogens (tertiary/aromatic N) is 1. The molecule has 23 heavy (non-hydrogen) atoms. The van der Waals surface area contributed by atoms with Crippen LogP contribution < -0.4 is 14.8 Å². The summed E-state index contributed by atoms with van der Waals surface area (Å²) in [5.74, 6) is 0.746. The zero-order valence-corrected chi connectivity index (χ0v) is 13.2. The first-order valence-electron chi connectivity index (χ1n) is 7.57. The Kier molecular flexibility index (Phi) is 4.38. The first kappa shape index (κ1) is 15.6. The summed E-state index contributed by atoms with van der Waals surface area (Å²) in [4.78, 5) is 26.2. The van der Waals surface area contributed by atoms with E-state index in [2.05, 4.69) is 5.32 Å². The van der Waals surface area contributed by atoms with E-state index >= 15 is 0 Å². The standard InChI is InChI=1S/C16H20N2O5/c1-10(8-21-2)18-7-11(5-15(18)19)16(20)17-12-3-4-13-14(6-12)23-9-22-13/h3-4,6,10-11H,5,7-9H2,1-2H3,(H,17,20)/t10-,11+/m0/s1. The molecule has 2 heterocycles. The highest BCUT2D eigenvalue weighted by molar-refractivity contribution is 5.97. The van der Waals surface area contributed by atoms with Gasteiger partial charge in [0, 0.05) is 31.8 Å². The Hall–Kier alpha value is -2.28. The number of nitrogens with one attached hydrogen (secondary N) is 1. The lowest BCUT2D eigenvalue weighted by Crippen LogP contribution is -2.38. The molecule has 1 saturated heterocycles. The van der Waals surface area contributed by atoms with Crippen LogP contribution in [-0.4, -0.2) is 49.8 Å². The quantitative estimate of drug-likeness (QED) is 0.883. The van der Waals surface area contributed by atoms with Crippen molar-refractivity contribution in [3.8, 4) is 11.5 Å². The van der Waals surface area contributed by atoms with Crippen molar-refractivity contribution < 1.29 is 23.8 Å². The molecule has 0 saturated carbocycles. The summed E-state index contributed by atoms with van der Waals surface area (Å²) in [6.07, 6.45) is 0.227. The molecule has 1 fully saturated rings. The van der Waals surface area contributed by atoms with Crippen LogP contribution in [0, 0.1) is 5.92 Å². The third-order valence-electron chi connectivity index (χ3n) is 4.11. The van der Waals surface area contributed by atoms with E-state index in [1.807, 2.05) is 6.92 Å². The van der Waals surface area contributed by atoms with Crippen molar-refractivity contribution in [2.45, 2.75) is 19.4 Å². The van der Waals surface area contributed by atoms with Gasteiger partial charge in [-0.1, -0.05) is 0 Å². The average molecular weight is 320 g/mol. The van der Waals surface area contributed by atoms with E-state index in [-0.39, 0.29) is 37.0 Å². The second kappa shape index (κ2) is 6.45. The minimum absolute atomic E-state index is 0.0135. The second-order valence-electron chi connectivity index (χ2n) is 5.81. The topological polar surface area (TPSA) is 77.1 Å². The third-order valence-corrected chi connectivity index (χ3v) is 4.11. The van der Waals surface area contributed by atoms with Crippen molar-refractivity contribution in [3.63, 3.8) is 0 Å². The van der Waals surface area contributed by atoms with Crippen LogP contribution in [-0.2, 0) is 14.3 Å². The number of hydrogen-bond acceptors (Lipinski definition) is 5. The van der Waals surface area contributed by atoms with Gasteiger partial charge in [0.1, 0.15) is 0 Å². The predicted molar refractivity (Wildman–Crippen MR) is 82.4 cm³/mol. The normalized spacial score (nSPS) is 20.7. The Bertz CT molecular complexity index is 618. The van der Waals surface area contributed by atoms with Gasteiger partial charge in [-0.3, -0.25) is 9.59 Å². The molecule has 7 nitrogen and oxygen atoms in total. The Morgan fingerprint density at radius 3 is 3.00 bits per heavy atom. The van der Waals surface area contributed by atoms with Gasteiger partial charge in [-0.05, 0) is 19.1 Å². The number of likely N-dealkylation sites (tertiary alicyclic amines) is 1. The summed E-state index contributed by atoms with van der Waals surface area (Å²) in [5.41, 5.74) is 0.634. The number of carbonyl (C=O) groups is 2. The smallest absolute Gasteiger partial charge is 0.231 e. The maximum Gasteiger partial charge on any atom is 0.231 e. The van der Waals surface area contributed by atoms with Crippen molar-refractivity contribution in [1.82, 2.24) is 4.90 Å². The van der Waals surface area contributed by atoms with Crippen LogP contribution in [0.4, 0.5) is 5.69 Å². The molecule has 0 aliphatic carbocycles. The van der Waals surface area contributed by atoms with Crippen LogP contribution in [0.25, 0.3) is 0 Å². The summed E-state index contributed by atoms with van der Waals surface area (Å²) in [6, 6.07) is 5.21. The fourth-order valence-electron chi connectivity index (χ4n) is 2.88. The monoisotopic (exact) mass is 320 g/mol. The molecule has 7 heteroatoms. The predicted octanol–water partition coefficient (Wildman–Crippen LogP) is 1.24. The van der Waals surface area contributed by atoms with Crippen molar-refractivity contribution >= 4 is 17.5 Å². The molecule has 0 radical (unpaired) electrons. The molecule has 3 rings (SSSR count). The first-order valence-corrected chi connectivity index (χ1v) is 7.57. The van der Waals surface area contributed by atoms with Crippen molar-refractivity contribution in [1.29, 1.82) is 0 Å². The minimum atomic E-state index is -0.354. The molecular weight excluding hydrogens is 300 g/mol. The molecule has 2 aliphatic heterocycles. The third kappa shape index (κ3) is 3.24. The van der Waals surface area contributed by atoms with Gasteiger partial charge in [-0.2, -0.15) is 0 Å². The number of benzene rings is 1. The number of fused-ring (bicyclic) bond motifs is 1. The molecule has 0 aromatic heterocycles. The van der Waals surface area contributed by atoms with Crippen LogP contribution in [0.2, 0.25) is 0 Å². The van der Waals surface area contributed by atoms with Gasteiger partial charge in [0.05, 0.1) is 18.6 Å². The molecular formula is C16H20N2O5. The molecule has 2 aliphatic rings. The number of amides is 2. The Labute approximate surface area is 134 Å². The lowest BCUT2D eigenvalue weighted by atomic mass is 10.1. The zero-order chi connectivity index (χ0) is 16.4. The molecule has 0 bridgehead atoms. The summed E-state index contributed by atoms with van der Waals surface area (Å²) in [5, 5.41) is 2.84. The van der Waals surface area contributed by atoms with Gasteiger partial charge in [0.15, 0.2) is 11.5 Å². The van der Waals surface area contributed by atoms with Gasteiger partial charge in [0.25, 0.3) is 0 Å². The first-order chi connectivity index (χ1) is 11.1. The molecule has 0 unspecified atom stereocenters. The van der Waals surface area contributed by atoms with E-state index in [0.717, 1.165) is 0 Å². The van der Waals surface area contributed by atoms with Gasteiger partial charge in [-0.15, -0.1) is 0 Å². The highest BCUT2D eigenvalue weighted by Gasteiger charge is 2.36. The van der Waals surface area contributed by atoms with Crippen molar-refractivity contribution in [2.24, 2.45) is 5.92 Å². The highest BCUT2D eigenvalue weighted by Crippen LogP contribution is 2.34. The number of rotatable bonds is 5. The van der Waals surface area contributed by atoms with Crippen LogP contribution >= 0.6 is 0 Å². The molecule has 2 amide bonds. The van der Waals surface area contributed by atoms with Gasteiger partial charge >= 0.3 is 0 Å². The molecule has 1 aromatic rings. The van der Waals surface area contributed by atoms with Crippen LogP contribution in [0.1, 0.15) is 13.3 Å². The number of ether oxygens (including phenoxy) is 3. The van der Waals surface area contributed by atoms with Crippen LogP contribution in [0.5, 0.6) is 11.5 Å². The fourth-order valence-corrected chi connectivity index (χ4v) is 2.88. The van der Waals surface area contributed by atoms with Crippen LogP contribution in [0.3, 0.4) is 0 Å². The lowest BCUT2D eigenvalue weighted by molar-refractivity contribution is -0.130. The Balaban J connectivity index is 1.62. The van der Waals surface area contributed by atoms with E-state index < -0.39 is 0 Å². The summed E-state index contributed by atoms with van der Waals surface area (Å²) in [7, 11) is 1.60. The number of anilines is 1. The Morgan fingerprint density at radius 1 is 1.43 bits per heavy atom. The fraction of sp³-hybridized carbons (Fsp3) is 0.500. The van der Waals surface area contributed by atoms with E-state index in [9.17, 15) is 9.59 Å². The van der Waals surface area contributed by atoms with Crippen molar-refractivity contribution in [2.75, 3.05) is 32.4 Å². The summed E-state index contributed by atoms with van der Waals surface area (Å²) < 4.78 is 15.6. The lowest BCUT2D eigenvalue weighted by Gasteiger charge is -2.23. The molecule has 124 valence electrons. The summed E-state index contributed by atoms with van der Waals surface area (Å²) >= 11 is 0. The zero-order valence-electron chi connectivity index (χ0n) is 13.2. The molecule has 1 N–H and O–H groups in total. The number of methoxy groups -OCH3 is 1. The summed E-state index contributed by atoms with van der Waals surface area (Å²) in [6.45, 7) is 2.98. The van der Waals surface area contributed by atoms with E-state index in [1.165, 1.54) is 0 Å². The number of carbonyl (C=O) groups excluding carboxylic acids is 2. The minimum Gasteiger partial charge on any atom is -0.454 e. The SMILES string of the molecule is COC[C@H](C)N1C[C@H](C(=O)Nc2ccc3c(c2)OCO3)CC1=O. The molecule has 2 atom stereocenters. The van der Waals surface area contributed by atoms with Crippen molar-refractivity contribution in [3.05, 3.63) is 18.2 Å². The van der Waals surface area contributed by atoms with Gasteiger partial charge < -0.3 is 24.4 Å². The largest absolute Gasteiger partial charge is 0.454 e. The van der Waals surface area contributed by atoms with Gasteiger partial charge in [-0.25, -0.2) is 0 Å². The highest BCUT2D eigenvalue weighted by atomic mass is 16.7. The van der Waals surface area contributed by atoms with E-state index in [1.54, 1.807) is 30.2 Å². The van der Waals surface area contributed by atoms with Crippen LogP contribution in [0.15, 0.2) is 18.2 Å². The maximum atomic E-state index is 12.4. The van der Waals surface area contributed by atoms with E-state index in [0.29, 0.717) is 30.3 Å². The average Bonchev–Trinajstić information content (AvgIpc) is 3.13. The van der Waals surface area contributed by atoms with E-state index in [4.69, 9.17) is 14.2 Å². The Morgan fingerprint density at radius 2 is 2.22 bits per heavy atom. The molecule has 0 spiro atoms. The molecule has 1 aromatic carbocycles. The van der Waals surface area contributed by atoms with Gasteiger partial charge in [0.2, 0.25) is 18.6 Å². The second-order valence-corrected chi connectivity index (χ2v) is 5.81.